The quantitative estimate of drug-likeness (QED) is 0.389. The van der Waals surface area contributed by atoms with Gasteiger partial charge in [0, 0.05) is 18.9 Å². The largest absolute Gasteiger partial charge is 0.459 e. The van der Waals surface area contributed by atoms with E-state index in [1.54, 1.807) is 7.11 Å². The van der Waals surface area contributed by atoms with Gasteiger partial charge in [0.2, 0.25) is 0 Å². The molecule has 3 aliphatic rings. The third-order valence-corrected chi connectivity index (χ3v) is 6.40. The van der Waals surface area contributed by atoms with Gasteiger partial charge in [-0.2, -0.15) is 0 Å². The Hall–Kier alpha value is -0.360. The summed E-state index contributed by atoms with van der Waals surface area (Å²) in [5.74, 6) is 0.730. The molecule has 3 fully saturated rings. The van der Waals surface area contributed by atoms with E-state index in [0.717, 1.165) is 25.9 Å². The van der Waals surface area contributed by atoms with E-state index in [2.05, 4.69) is 20.8 Å². The highest BCUT2D eigenvalue weighted by atomic mass is 35.5. The number of epoxide rings is 1. The molecule has 5 nitrogen and oxygen atoms in total. The first-order valence-corrected chi connectivity index (χ1v) is 10.0. The Morgan fingerprint density at radius 2 is 2.12 bits per heavy atom. The van der Waals surface area contributed by atoms with E-state index in [9.17, 15) is 4.79 Å². The SMILES string of the molecule is COC1C(OC(=O)CCl)CCC2(CO2)C1C1OC(CCC(C)C)C1C. The molecule has 0 bridgehead atoms. The van der Waals surface area contributed by atoms with E-state index >= 15 is 0 Å². The first-order valence-electron chi connectivity index (χ1n) is 9.49. The highest BCUT2D eigenvalue weighted by Gasteiger charge is 2.65. The molecule has 25 heavy (non-hydrogen) atoms. The van der Waals surface area contributed by atoms with Crippen molar-refractivity contribution >= 4 is 17.6 Å². The second kappa shape index (κ2) is 7.71. The lowest BCUT2D eigenvalue weighted by Crippen LogP contribution is -2.62. The van der Waals surface area contributed by atoms with E-state index < -0.39 is 5.97 Å². The van der Waals surface area contributed by atoms with Crippen LogP contribution in [0.2, 0.25) is 0 Å². The van der Waals surface area contributed by atoms with Gasteiger partial charge < -0.3 is 18.9 Å². The van der Waals surface area contributed by atoms with Gasteiger partial charge in [-0.1, -0.05) is 20.8 Å². The molecule has 7 atom stereocenters. The number of methoxy groups -OCH3 is 1. The first kappa shape index (κ1) is 19.4. The van der Waals surface area contributed by atoms with Crippen molar-refractivity contribution in [3.8, 4) is 0 Å². The number of carbonyl (C=O) groups excluding carboxylic acids is 1. The van der Waals surface area contributed by atoms with Crippen molar-refractivity contribution in [2.75, 3.05) is 19.6 Å². The van der Waals surface area contributed by atoms with Gasteiger partial charge in [0.15, 0.2) is 0 Å². The maximum atomic E-state index is 11.7. The number of halogens is 1. The van der Waals surface area contributed by atoms with E-state index in [-0.39, 0.29) is 35.7 Å². The molecule has 1 saturated carbocycles. The highest BCUT2D eigenvalue weighted by Crippen LogP contribution is 2.54. The Labute approximate surface area is 155 Å². The lowest BCUT2D eigenvalue weighted by Gasteiger charge is -2.53. The molecule has 144 valence electrons. The smallest absolute Gasteiger partial charge is 0.321 e. The van der Waals surface area contributed by atoms with Crippen LogP contribution in [0.5, 0.6) is 0 Å². The lowest BCUT2D eigenvalue weighted by atomic mass is 9.67. The summed E-state index contributed by atoms with van der Waals surface area (Å²) in [6.45, 7) is 7.49. The van der Waals surface area contributed by atoms with Crippen molar-refractivity contribution in [3.63, 3.8) is 0 Å². The second-order valence-corrected chi connectivity index (χ2v) is 8.52. The molecule has 1 aliphatic carbocycles. The summed E-state index contributed by atoms with van der Waals surface area (Å²) in [6.07, 6.45) is 3.82. The number of esters is 1. The van der Waals surface area contributed by atoms with E-state index in [1.165, 1.54) is 6.42 Å². The summed E-state index contributed by atoms with van der Waals surface area (Å²) < 4.78 is 23.5. The van der Waals surface area contributed by atoms with E-state index in [1.807, 2.05) is 0 Å². The Bertz CT molecular complexity index is 478. The van der Waals surface area contributed by atoms with Crippen LogP contribution in [0.3, 0.4) is 0 Å². The summed E-state index contributed by atoms with van der Waals surface area (Å²) >= 11 is 5.61. The Morgan fingerprint density at radius 3 is 2.64 bits per heavy atom. The van der Waals surface area contributed by atoms with Crippen molar-refractivity contribution in [1.82, 2.24) is 0 Å². The fourth-order valence-electron chi connectivity index (χ4n) is 4.60. The maximum absolute atomic E-state index is 11.7. The molecule has 3 rings (SSSR count). The highest BCUT2D eigenvalue weighted by molar-refractivity contribution is 6.26. The molecule has 0 aromatic heterocycles. The molecule has 0 N–H and O–H groups in total. The average Bonchev–Trinajstić information content (AvgIpc) is 3.36. The predicted molar refractivity (Wildman–Crippen MR) is 94.7 cm³/mol. The Balaban J connectivity index is 1.68. The van der Waals surface area contributed by atoms with Crippen molar-refractivity contribution < 1.29 is 23.7 Å². The van der Waals surface area contributed by atoms with Gasteiger partial charge in [-0.15, -0.1) is 11.6 Å². The first-order chi connectivity index (χ1) is 11.9. The van der Waals surface area contributed by atoms with E-state index in [0.29, 0.717) is 17.9 Å². The van der Waals surface area contributed by atoms with Gasteiger partial charge in [-0.3, -0.25) is 4.79 Å². The summed E-state index contributed by atoms with van der Waals surface area (Å²) in [7, 11) is 1.68. The molecule has 2 aliphatic heterocycles. The molecule has 7 unspecified atom stereocenters. The standard InChI is InChI=1S/C19H31ClO5/c1-11(2)5-6-13-12(3)17(25-13)16-18(22-4)14(24-15(21)9-20)7-8-19(16)10-23-19/h11-14,16-18H,5-10H2,1-4H3. The summed E-state index contributed by atoms with van der Waals surface area (Å²) in [5, 5.41) is 0. The van der Waals surface area contributed by atoms with E-state index in [4.69, 9.17) is 30.5 Å². The minimum atomic E-state index is -0.391. The van der Waals surface area contributed by atoms with Crippen LogP contribution in [0.15, 0.2) is 0 Å². The fraction of sp³-hybridized carbons (Fsp3) is 0.947. The van der Waals surface area contributed by atoms with Gasteiger partial charge in [0.05, 0.1) is 24.4 Å². The minimum Gasteiger partial charge on any atom is -0.459 e. The normalized spacial score (nSPS) is 43.1. The van der Waals surface area contributed by atoms with Crippen LogP contribution in [-0.2, 0) is 23.7 Å². The fourth-order valence-corrected chi connectivity index (χ4v) is 4.66. The van der Waals surface area contributed by atoms with Gasteiger partial charge >= 0.3 is 5.97 Å². The van der Waals surface area contributed by atoms with Crippen LogP contribution in [-0.4, -0.2) is 55.6 Å². The molecule has 0 amide bonds. The third kappa shape index (κ3) is 3.85. The van der Waals surface area contributed by atoms with Gasteiger partial charge in [-0.25, -0.2) is 0 Å². The molecule has 0 aromatic carbocycles. The molecule has 0 radical (unpaired) electrons. The number of carbonyl (C=O) groups is 1. The maximum Gasteiger partial charge on any atom is 0.321 e. The Kier molecular flexibility index (Phi) is 5.98. The zero-order valence-electron chi connectivity index (χ0n) is 15.7. The van der Waals surface area contributed by atoms with Crippen molar-refractivity contribution in [1.29, 1.82) is 0 Å². The zero-order valence-corrected chi connectivity index (χ0v) is 16.5. The average molecular weight is 375 g/mol. The molecule has 6 heteroatoms. The van der Waals surface area contributed by atoms with Crippen LogP contribution in [0.25, 0.3) is 0 Å². The molecular weight excluding hydrogens is 344 g/mol. The minimum absolute atomic E-state index is 0.0992. The summed E-state index contributed by atoms with van der Waals surface area (Å²) in [4.78, 5) is 11.7. The summed E-state index contributed by atoms with van der Waals surface area (Å²) in [5.41, 5.74) is -0.160. The number of hydrogen-bond acceptors (Lipinski definition) is 5. The summed E-state index contributed by atoms with van der Waals surface area (Å²) in [6, 6.07) is 0. The molecule has 1 spiro atoms. The molecule has 2 heterocycles. The number of ether oxygens (including phenoxy) is 4. The van der Waals surface area contributed by atoms with Crippen molar-refractivity contribution in [3.05, 3.63) is 0 Å². The van der Waals surface area contributed by atoms with Crippen LogP contribution >= 0.6 is 11.6 Å². The molecular formula is C19H31ClO5. The number of hydrogen-bond donors (Lipinski definition) is 0. The van der Waals surface area contributed by atoms with Gasteiger partial charge in [0.25, 0.3) is 0 Å². The molecule has 0 aromatic rings. The second-order valence-electron chi connectivity index (χ2n) is 8.25. The molecule has 2 saturated heterocycles. The van der Waals surface area contributed by atoms with Gasteiger partial charge in [-0.05, 0) is 31.6 Å². The van der Waals surface area contributed by atoms with Crippen LogP contribution in [0.1, 0.15) is 46.5 Å². The number of alkyl halides is 1. The Morgan fingerprint density at radius 1 is 1.40 bits per heavy atom. The predicted octanol–water partition coefficient (Wildman–Crippen LogP) is 3.17. The van der Waals surface area contributed by atoms with Gasteiger partial charge in [0.1, 0.15) is 18.1 Å². The monoisotopic (exact) mass is 374 g/mol. The van der Waals surface area contributed by atoms with Crippen LogP contribution < -0.4 is 0 Å². The van der Waals surface area contributed by atoms with Crippen LogP contribution in [0.4, 0.5) is 0 Å². The van der Waals surface area contributed by atoms with Crippen molar-refractivity contribution in [2.45, 2.75) is 76.5 Å². The number of rotatable bonds is 7. The van der Waals surface area contributed by atoms with Crippen LogP contribution in [0, 0.1) is 17.8 Å². The van der Waals surface area contributed by atoms with Crippen molar-refractivity contribution in [2.24, 2.45) is 17.8 Å². The third-order valence-electron chi connectivity index (χ3n) is 6.18. The lowest BCUT2D eigenvalue weighted by molar-refractivity contribution is -0.248. The topological polar surface area (TPSA) is 57.3 Å². The zero-order chi connectivity index (χ0) is 18.2.